The number of amides is 1. The maximum Gasteiger partial charge on any atom is 0.256 e. The van der Waals surface area contributed by atoms with Crippen LogP contribution >= 0.6 is 11.6 Å². The van der Waals surface area contributed by atoms with E-state index in [1.54, 1.807) is 18.2 Å². The Hall–Kier alpha value is -1.26. The molecule has 0 aromatic heterocycles. The zero-order valence-electron chi connectivity index (χ0n) is 11.2. The number of hydrogen-bond acceptors (Lipinski definition) is 3. The average molecular weight is 282 g/mol. The molecular formula is C14H20ClN3O. The molecule has 0 heterocycles. The maximum absolute atomic E-state index is 12.6. The normalized spacial score (nSPS) is 14.3. The number of benzene rings is 1. The Bertz CT molecular complexity index is 460. The van der Waals surface area contributed by atoms with E-state index in [-0.39, 0.29) is 5.91 Å². The Morgan fingerprint density at radius 1 is 1.53 bits per heavy atom. The number of anilines is 1. The van der Waals surface area contributed by atoms with Crippen LogP contribution in [0.3, 0.4) is 0 Å². The van der Waals surface area contributed by atoms with E-state index in [2.05, 4.69) is 12.3 Å². The minimum atomic E-state index is 0.0198. The molecule has 0 spiro atoms. The van der Waals surface area contributed by atoms with Crippen molar-refractivity contribution in [2.24, 2.45) is 5.84 Å². The molecule has 1 aromatic rings. The molecule has 0 bridgehead atoms. The van der Waals surface area contributed by atoms with Gasteiger partial charge in [0.05, 0.1) is 11.3 Å². The highest BCUT2D eigenvalue weighted by Gasteiger charge is 2.33. The molecule has 2 rings (SSSR count). The molecule has 0 radical (unpaired) electrons. The fraction of sp³-hybridized carbons (Fsp3) is 0.500. The van der Waals surface area contributed by atoms with Gasteiger partial charge in [0.1, 0.15) is 0 Å². The molecule has 1 amide bonds. The van der Waals surface area contributed by atoms with Crippen molar-refractivity contribution in [3.8, 4) is 0 Å². The van der Waals surface area contributed by atoms with Crippen molar-refractivity contribution in [2.75, 3.05) is 12.0 Å². The molecule has 5 heteroatoms. The molecule has 0 atom stereocenters. The van der Waals surface area contributed by atoms with Crippen molar-refractivity contribution < 1.29 is 4.79 Å². The second-order valence-corrected chi connectivity index (χ2v) is 5.35. The molecule has 4 nitrogen and oxygen atoms in total. The van der Waals surface area contributed by atoms with Crippen molar-refractivity contribution in [3.05, 3.63) is 28.8 Å². The zero-order chi connectivity index (χ0) is 13.8. The molecule has 1 aliphatic carbocycles. The molecule has 19 heavy (non-hydrogen) atoms. The summed E-state index contributed by atoms with van der Waals surface area (Å²) in [6.45, 7) is 2.93. The third-order valence-electron chi connectivity index (χ3n) is 3.37. The number of carbonyl (C=O) groups excluding carboxylic acids is 1. The van der Waals surface area contributed by atoms with E-state index in [9.17, 15) is 4.79 Å². The number of nitrogens with zero attached hydrogens (tertiary/aromatic N) is 1. The lowest BCUT2D eigenvalue weighted by atomic mass is 10.1. The lowest BCUT2D eigenvalue weighted by Crippen LogP contribution is -2.34. The lowest BCUT2D eigenvalue weighted by molar-refractivity contribution is 0.0741. The third-order valence-corrected chi connectivity index (χ3v) is 3.60. The van der Waals surface area contributed by atoms with Crippen LogP contribution in [0.1, 0.15) is 43.0 Å². The van der Waals surface area contributed by atoms with E-state index >= 15 is 0 Å². The van der Waals surface area contributed by atoms with Gasteiger partial charge < -0.3 is 10.3 Å². The first kappa shape index (κ1) is 14.2. The van der Waals surface area contributed by atoms with Gasteiger partial charge >= 0.3 is 0 Å². The number of nitrogens with one attached hydrogen (secondary N) is 1. The van der Waals surface area contributed by atoms with Crippen LogP contribution in [0.25, 0.3) is 0 Å². The number of nitrogen functional groups attached to an aromatic ring is 1. The second kappa shape index (κ2) is 6.26. The van der Waals surface area contributed by atoms with Gasteiger partial charge in [0.2, 0.25) is 0 Å². The molecule has 1 aliphatic rings. The lowest BCUT2D eigenvalue weighted by Gasteiger charge is -2.23. The Morgan fingerprint density at radius 2 is 2.26 bits per heavy atom. The summed E-state index contributed by atoms with van der Waals surface area (Å²) < 4.78 is 0. The van der Waals surface area contributed by atoms with Gasteiger partial charge in [0, 0.05) is 17.6 Å². The quantitative estimate of drug-likeness (QED) is 0.622. The molecule has 1 fully saturated rings. The van der Waals surface area contributed by atoms with E-state index in [4.69, 9.17) is 17.4 Å². The predicted octanol–water partition coefficient (Wildman–Crippen LogP) is 3.03. The zero-order valence-corrected chi connectivity index (χ0v) is 11.9. The summed E-state index contributed by atoms with van der Waals surface area (Å²) in [6.07, 6.45) is 4.30. The first-order valence-corrected chi connectivity index (χ1v) is 7.12. The van der Waals surface area contributed by atoms with Gasteiger partial charge in [-0.05, 0) is 37.5 Å². The van der Waals surface area contributed by atoms with E-state index in [1.165, 1.54) is 0 Å². The summed E-state index contributed by atoms with van der Waals surface area (Å²) in [5.74, 6) is 5.49. The smallest absolute Gasteiger partial charge is 0.256 e. The van der Waals surface area contributed by atoms with E-state index in [0.717, 1.165) is 32.2 Å². The number of carbonyl (C=O) groups is 1. The summed E-state index contributed by atoms with van der Waals surface area (Å²) in [7, 11) is 0. The Morgan fingerprint density at radius 3 is 2.84 bits per heavy atom. The first-order chi connectivity index (χ1) is 9.17. The van der Waals surface area contributed by atoms with Gasteiger partial charge in [-0.25, -0.2) is 0 Å². The van der Waals surface area contributed by atoms with E-state index < -0.39 is 0 Å². The molecule has 104 valence electrons. The number of unbranched alkanes of at least 4 members (excludes halogenated alkanes) is 1. The molecule has 3 N–H and O–H groups in total. The second-order valence-electron chi connectivity index (χ2n) is 4.92. The molecule has 0 aliphatic heterocycles. The van der Waals surface area contributed by atoms with Crippen LogP contribution in [-0.4, -0.2) is 23.4 Å². The minimum absolute atomic E-state index is 0.0198. The number of rotatable bonds is 6. The van der Waals surface area contributed by atoms with Crippen molar-refractivity contribution in [3.63, 3.8) is 0 Å². The van der Waals surface area contributed by atoms with Gasteiger partial charge in [-0.1, -0.05) is 24.9 Å². The topological polar surface area (TPSA) is 58.4 Å². The van der Waals surface area contributed by atoms with Crippen LogP contribution in [0.4, 0.5) is 5.69 Å². The summed E-state index contributed by atoms with van der Waals surface area (Å²) in [4.78, 5) is 14.6. The fourth-order valence-electron chi connectivity index (χ4n) is 2.14. The van der Waals surface area contributed by atoms with Crippen LogP contribution in [0.15, 0.2) is 18.2 Å². The third kappa shape index (κ3) is 3.39. The number of hydrogen-bond donors (Lipinski definition) is 2. The Balaban J connectivity index is 2.22. The minimum Gasteiger partial charge on any atom is -0.336 e. The Kier molecular flexibility index (Phi) is 4.66. The summed E-state index contributed by atoms with van der Waals surface area (Å²) >= 11 is 5.98. The highest BCUT2D eigenvalue weighted by Crippen LogP contribution is 2.30. The van der Waals surface area contributed by atoms with Crippen LogP contribution in [0, 0.1) is 0 Å². The monoisotopic (exact) mass is 281 g/mol. The fourth-order valence-corrected chi connectivity index (χ4v) is 2.31. The van der Waals surface area contributed by atoms with Crippen molar-refractivity contribution in [1.29, 1.82) is 0 Å². The highest BCUT2D eigenvalue weighted by molar-refractivity contribution is 6.31. The van der Waals surface area contributed by atoms with Crippen molar-refractivity contribution >= 4 is 23.2 Å². The van der Waals surface area contributed by atoms with Gasteiger partial charge in [-0.3, -0.25) is 10.6 Å². The average Bonchev–Trinajstić information content (AvgIpc) is 3.23. The summed E-state index contributed by atoms with van der Waals surface area (Å²) in [6, 6.07) is 5.53. The van der Waals surface area contributed by atoms with Crippen LogP contribution < -0.4 is 11.3 Å². The van der Waals surface area contributed by atoms with Crippen LogP contribution in [0.2, 0.25) is 5.02 Å². The standard InChI is InChI=1S/C14H20ClN3O/c1-2-3-8-18(11-5-6-11)14(19)12-9-10(15)4-7-13(12)17-16/h4,7,9,11,17H,2-3,5-6,8,16H2,1H3. The molecular weight excluding hydrogens is 262 g/mol. The predicted molar refractivity (Wildman–Crippen MR) is 78.2 cm³/mol. The number of nitrogens with two attached hydrogens (primary N) is 1. The van der Waals surface area contributed by atoms with Crippen molar-refractivity contribution in [2.45, 2.75) is 38.6 Å². The SMILES string of the molecule is CCCCN(C(=O)c1cc(Cl)ccc1NN)C1CC1. The maximum atomic E-state index is 12.6. The molecule has 1 aromatic carbocycles. The highest BCUT2D eigenvalue weighted by atomic mass is 35.5. The van der Waals surface area contributed by atoms with E-state index in [1.807, 2.05) is 4.90 Å². The number of hydrazine groups is 1. The van der Waals surface area contributed by atoms with Crippen molar-refractivity contribution in [1.82, 2.24) is 4.90 Å². The number of halogens is 1. The molecule has 1 saturated carbocycles. The first-order valence-electron chi connectivity index (χ1n) is 6.74. The summed E-state index contributed by atoms with van der Waals surface area (Å²) in [5, 5.41) is 0.550. The Labute approximate surface area is 118 Å². The van der Waals surface area contributed by atoms with Crippen LogP contribution in [0.5, 0.6) is 0 Å². The van der Waals surface area contributed by atoms with Gasteiger partial charge in [-0.15, -0.1) is 0 Å². The largest absolute Gasteiger partial charge is 0.336 e. The van der Waals surface area contributed by atoms with Gasteiger partial charge in [0.15, 0.2) is 0 Å². The summed E-state index contributed by atoms with van der Waals surface area (Å²) in [5.41, 5.74) is 3.74. The van der Waals surface area contributed by atoms with Gasteiger partial charge in [0.25, 0.3) is 5.91 Å². The molecule has 0 unspecified atom stereocenters. The van der Waals surface area contributed by atoms with Crippen LogP contribution in [-0.2, 0) is 0 Å². The van der Waals surface area contributed by atoms with Gasteiger partial charge in [-0.2, -0.15) is 0 Å². The molecule has 0 saturated heterocycles. The van der Waals surface area contributed by atoms with E-state index in [0.29, 0.717) is 22.3 Å².